The molecule has 0 fully saturated rings. The minimum absolute atomic E-state index is 0.614. The number of aryl methyl sites for hydroxylation is 1. The van der Waals surface area contributed by atoms with Crippen LogP contribution >= 0.6 is 23.1 Å². The molecule has 0 bridgehead atoms. The van der Waals surface area contributed by atoms with E-state index in [4.69, 9.17) is 9.15 Å². The zero-order chi connectivity index (χ0) is 15.9. The number of ether oxygens (including phenoxy) is 1. The minimum Gasteiger partial charge on any atom is -0.492 e. The number of hydrogen-bond donors (Lipinski definition) is 1. The number of benzene rings is 1. The van der Waals surface area contributed by atoms with E-state index in [-0.39, 0.29) is 0 Å². The lowest BCUT2D eigenvalue weighted by molar-refractivity contribution is 0.341. The van der Waals surface area contributed by atoms with Gasteiger partial charge in [-0.05, 0) is 30.7 Å². The second-order valence-electron chi connectivity index (χ2n) is 4.77. The molecule has 0 atom stereocenters. The molecule has 1 N–H and O–H groups in total. The first-order chi connectivity index (χ1) is 11.3. The Bertz CT molecular complexity index is 729. The Kier molecular flexibility index (Phi) is 5.55. The monoisotopic (exact) mass is 347 g/mol. The summed E-state index contributed by atoms with van der Waals surface area (Å²) in [7, 11) is 0. The van der Waals surface area contributed by atoms with E-state index in [0.717, 1.165) is 32.3 Å². The van der Waals surface area contributed by atoms with E-state index in [2.05, 4.69) is 15.5 Å². The highest BCUT2D eigenvalue weighted by molar-refractivity contribution is 8.01. The Morgan fingerprint density at radius 1 is 1.22 bits per heavy atom. The summed E-state index contributed by atoms with van der Waals surface area (Å²) in [5.41, 5.74) is 1.15. The second-order valence-corrected chi connectivity index (χ2v) is 7.09. The summed E-state index contributed by atoms with van der Waals surface area (Å²) in [5, 5.41) is 12.3. The number of thioether (sulfide) groups is 1. The average Bonchev–Trinajstić information content (AvgIpc) is 3.23. The summed E-state index contributed by atoms with van der Waals surface area (Å²) in [6.45, 7) is 3.30. The maximum Gasteiger partial charge on any atom is 0.206 e. The van der Waals surface area contributed by atoms with Gasteiger partial charge >= 0.3 is 0 Å². The molecule has 23 heavy (non-hydrogen) atoms. The number of anilines is 1. The molecule has 0 saturated heterocycles. The van der Waals surface area contributed by atoms with Crippen molar-refractivity contribution in [1.29, 1.82) is 0 Å². The third kappa shape index (κ3) is 4.74. The highest BCUT2D eigenvalue weighted by Gasteiger charge is 2.06. The third-order valence-corrected chi connectivity index (χ3v) is 5.04. The van der Waals surface area contributed by atoms with E-state index in [9.17, 15) is 0 Å². The van der Waals surface area contributed by atoms with Crippen LogP contribution in [0, 0.1) is 6.92 Å². The first-order valence-electron chi connectivity index (χ1n) is 7.22. The van der Waals surface area contributed by atoms with Gasteiger partial charge in [-0.2, -0.15) is 0 Å². The molecule has 7 heteroatoms. The highest BCUT2D eigenvalue weighted by Crippen LogP contribution is 2.26. The van der Waals surface area contributed by atoms with Crippen molar-refractivity contribution in [3.8, 4) is 5.75 Å². The molecule has 2 heterocycles. The van der Waals surface area contributed by atoms with Crippen molar-refractivity contribution in [2.24, 2.45) is 0 Å². The van der Waals surface area contributed by atoms with Gasteiger partial charge in [-0.3, -0.25) is 0 Å². The fourth-order valence-corrected chi connectivity index (χ4v) is 3.55. The number of para-hydroxylation sites is 1. The fourth-order valence-electron chi connectivity index (χ4n) is 1.91. The first kappa shape index (κ1) is 15.9. The predicted molar refractivity (Wildman–Crippen MR) is 93.3 cm³/mol. The van der Waals surface area contributed by atoms with Crippen molar-refractivity contribution in [3.05, 3.63) is 54.0 Å². The van der Waals surface area contributed by atoms with E-state index in [1.54, 1.807) is 18.0 Å². The van der Waals surface area contributed by atoms with Gasteiger partial charge in [0.1, 0.15) is 11.5 Å². The molecule has 3 rings (SSSR count). The smallest absolute Gasteiger partial charge is 0.206 e. The Morgan fingerprint density at radius 3 is 2.96 bits per heavy atom. The van der Waals surface area contributed by atoms with Gasteiger partial charge in [0, 0.05) is 5.75 Å². The van der Waals surface area contributed by atoms with Gasteiger partial charge in [0.05, 0.1) is 19.4 Å². The van der Waals surface area contributed by atoms with Crippen molar-refractivity contribution < 1.29 is 9.15 Å². The molecule has 0 spiro atoms. The molecule has 2 aromatic heterocycles. The lowest BCUT2D eigenvalue weighted by atomic mass is 10.2. The van der Waals surface area contributed by atoms with Gasteiger partial charge in [0.25, 0.3) is 0 Å². The van der Waals surface area contributed by atoms with Crippen molar-refractivity contribution in [3.63, 3.8) is 0 Å². The van der Waals surface area contributed by atoms with Crippen LogP contribution in [0.4, 0.5) is 5.13 Å². The summed E-state index contributed by atoms with van der Waals surface area (Å²) < 4.78 is 12.0. The van der Waals surface area contributed by atoms with Crippen LogP contribution in [0.3, 0.4) is 0 Å². The molecular formula is C16H17N3O2S2. The quantitative estimate of drug-likeness (QED) is 0.486. The fraction of sp³-hybridized carbons (Fsp3) is 0.250. The van der Waals surface area contributed by atoms with Crippen LogP contribution in [-0.2, 0) is 6.54 Å². The largest absolute Gasteiger partial charge is 0.492 e. The first-order valence-corrected chi connectivity index (χ1v) is 9.02. The third-order valence-electron chi connectivity index (χ3n) is 3.06. The lowest BCUT2D eigenvalue weighted by Gasteiger charge is -2.07. The predicted octanol–water partition coefficient (Wildman–Crippen LogP) is 4.22. The molecule has 0 aliphatic heterocycles. The van der Waals surface area contributed by atoms with Crippen molar-refractivity contribution in [1.82, 2.24) is 10.2 Å². The van der Waals surface area contributed by atoms with E-state index in [1.165, 1.54) is 11.3 Å². The summed E-state index contributed by atoms with van der Waals surface area (Å²) in [4.78, 5) is 0. The van der Waals surface area contributed by atoms with Gasteiger partial charge in [-0.25, -0.2) is 0 Å². The van der Waals surface area contributed by atoms with Crippen molar-refractivity contribution in [2.45, 2.75) is 17.8 Å². The van der Waals surface area contributed by atoms with Crippen LogP contribution in [0.1, 0.15) is 11.3 Å². The number of rotatable bonds is 8. The van der Waals surface area contributed by atoms with Crippen molar-refractivity contribution >= 4 is 28.2 Å². The average molecular weight is 347 g/mol. The molecular weight excluding hydrogens is 330 g/mol. The molecule has 0 aliphatic carbocycles. The van der Waals surface area contributed by atoms with Gasteiger partial charge in [0.2, 0.25) is 5.13 Å². The van der Waals surface area contributed by atoms with Crippen LogP contribution in [0.15, 0.2) is 51.4 Å². The molecule has 0 unspecified atom stereocenters. The minimum atomic E-state index is 0.614. The van der Waals surface area contributed by atoms with Crippen LogP contribution in [0.5, 0.6) is 5.75 Å². The zero-order valence-electron chi connectivity index (χ0n) is 12.7. The maximum atomic E-state index is 5.77. The molecule has 5 nitrogen and oxygen atoms in total. The normalized spacial score (nSPS) is 10.7. The van der Waals surface area contributed by atoms with E-state index >= 15 is 0 Å². The summed E-state index contributed by atoms with van der Waals surface area (Å²) in [6, 6.07) is 11.8. The van der Waals surface area contributed by atoms with Crippen LogP contribution in [0.2, 0.25) is 0 Å². The Balaban J connectivity index is 1.40. The maximum absolute atomic E-state index is 5.77. The molecule has 0 saturated carbocycles. The SMILES string of the molecule is Cc1ccccc1OCCSc1nnc(NCc2ccco2)s1. The Labute approximate surface area is 143 Å². The number of furan rings is 1. The number of aromatic nitrogens is 2. The second kappa shape index (κ2) is 8.03. The number of nitrogens with one attached hydrogen (secondary N) is 1. The van der Waals surface area contributed by atoms with E-state index < -0.39 is 0 Å². The molecule has 3 aromatic rings. The van der Waals surface area contributed by atoms with Gasteiger partial charge in [-0.15, -0.1) is 10.2 Å². The van der Waals surface area contributed by atoms with Gasteiger partial charge < -0.3 is 14.5 Å². The van der Waals surface area contributed by atoms with Crippen LogP contribution in [0.25, 0.3) is 0 Å². The zero-order valence-corrected chi connectivity index (χ0v) is 14.3. The number of hydrogen-bond acceptors (Lipinski definition) is 7. The molecule has 0 radical (unpaired) electrons. The summed E-state index contributed by atoms with van der Waals surface area (Å²) >= 11 is 3.18. The number of nitrogens with zero attached hydrogens (tertiary/aromatic N) is 2. The van der Waals surface area contributed by atoms with Gasteiger partial charge in [0.15, 0.2) is 4.34 Å². The lowest BCUT2D eigenvalue weighted by Crippen LogP contribution is -2.01. The highest BCUT2D eigenvalue weighted by atomic mass is 32.2. The molecule has 1 aromatic carbocycles. The Morgan fingerprint density at radius 2 is 2.13 bits per heavy atom. The van der Waals surface area contributed by atoms with Crippen LogP contribution in [-0.4, -0.2) is 22.6 Å². The topological polar surface area (TPSA) is 60.2 Å². The van der Waals surface area contributed by atoms with E-state index in [0.29, 0.717) is 13.2 Å². The Hall–Kier alpha value is -1.99. The van der Waals surface area contributed by atoms with Crippen molar-refractivity contribution in [2.75, 3.05) is 17.7 Å². The standard InChI is InChI=1S/C16H17N3O2S2/c1-12-5-2-3-7-14(12)21-9-10-22-16-19-18-15(23-16)17-11-13-6-4-8-20-13/h2-8H,9-11H2,1H3,(H,17,18). The molecule has 120 valence electrons. The molecule has 0 amide bonds. The van der Waals surface area contributed by atoms with Gasteiger partial charge in [-0.1, -0.05) is 41.3 Å². The van der Waals surface area contributed by atoms with Crippen LogP contribution < -0.4 is 10.1 Å². The van der Waals surface area contributed by atoms with E-state index in [1.807, 2.05) is 43.3 Å². The molecule has 0 aliphatic rings. The summed E-state index contributed by atoms with van der Waals surface area (Å²) in [5.74, 6) is 2.65. The summed E-state index contributed by atoms with van der Waals surface area (Å²) in [6.07, 6.45) is 1.66.